The van der Waals surface area contributed by atoms with Crippen molar-refractivity contribution in [3.05, 3.63) is 23.8 Å². The summed E-state index contributed by atoms with van der Waals surface area (Å²) in [5.74, 6) is 3.38. The van der Waals surface area contributed by atoms with Crippen LogP contribution in [0.25, 0.3) is 0 Å². The highest BCUT2D eigenvalue weighted by atomic mass is 32.2. The Morgan fingerprint density at radius 1 is 1.29 bits per heavy atom. The fraction of sp³-hybridized carbons (Fsp3) is 0.562. The van der Waals surface area contributed by atoms with Crippen LogP contribution in [0.5, 0.6) is 5.75 Å². The molecule has 0 bridgehead atoms. The SMILES string of the molecule is COc1ccc2c(c1)CCCN2C(=O)CN1CCSCC1. The van der Waals surface area contributed by atoms with E-state index in [0.29, 0.717) is 6.54 Å². The molecule has 4 nitrogen and oxygen atoms in total. The van der Waals surface area contributed by atoms with Crippen molar-refractivity contribution in [1.82, 2.24) is 4.90 Å². The number of ether oxygens (including phenoxy) is 1. The van der Waals surface area contributed by atoms with Gasteiger partial charge in [-0.3, -0.25) is 9.69 Å². The third kappa shape index (κ3) is 3.35. The molecule has 1 saturated heterocycles. The maximum atomic E-state index is 12.6. The number of anilines is 1. The summed E-state index contributed by atoms with van der Waals surface area (Å²) in [7, 11) is 1.68. The third-order valence-electron chi connectivity index (χ3n) is 4.17. The molecule has 0 aliphatic carbocycles. The Kier molecular flexibility index (Phi) is 4.70. The number of benzene rings is 1. The van der Waals surface area contributed by atoms with E-state index in [1.54, 1.807) is 7.11 Å². The van der Waals surface area contributed by atoms with E-state index in [1.807, 2.05) is 28.8 Å². The molecule has 1 aromatic carbocycles. The normalized spacial score (nSPS) is 19.2. The molecule has 2 aliphatic rings. The lowest BCUT2D eigenvalue weighted by molar-refractivity contribution is -0.119. The van der Waals surface area contributed by atoms with Crippen LogP contribution in [0.15, 0.2) is 18.2 Å². The minimum Gasteiger partial charge on any atom is -0.497 e. The molecule has 2 heterocycles. The zero-order valence-corrected chi connectivity index (χ0v) is 13.3. The van der Waals surface area contributed by atoms with E-state index in [-0.39, 0.29) is 5.91 Å². The zero-order chi connectivity index (χ0) is 14.7. The van der Waals surface area contributed by atoms with Gasteiger partial charge >= 0.3 is 0 Å². The van der Waals surface area contributed by atoms with Gasteiger partial charge in [-0.15, -0.1) is 0 Å². The molecular weight excluding hydrogens is 284 g/mol. The number of rotatable bonds is 3. The summed E-state index contributed by atoms with van der Waals surface area (Å²) in [6.07, 6.45) is 2.05. The number of thioether (sulfide) groups is 1. The molecule has 0 saturated carbocycles. The number of aryl methyl sites for hydroxylation is 1. The molecule has 0 spiro atoms. The molecule has 3 rings (SSSR count). The van der Waals surface area contributed by atoms with E-state index in [1.165, 1.54) is 5.56 Å². The van der Waals surface area contributed by atoms with Crippen LogP contribution in [0.2, 0.25) is 0 Å². The van der Waals surface area contributed by atoms with Crippen LogP contribution < -0.4 is 9.64 Å². The first-order chi connectivity index (χ1) is 10.3. The second-order valence-corrected chi connectivity index (χ2v) is 6.76. The Hall–Kier alpha value is -1.20. The van der Waals surface area contributed by atoms with Gasteiger partial charge in [0.2, 0.25) is 5.91 Å². The Bertz CT molecular complexity index is 515. The highest BCUT2D eigenvalue weighted by molar-refractivity contribution is 7.99. The molecule has 1 fully saturated rings. The summed E-state index contributed by atoms with van der Waals surface area (Å²) >= 11 is 1.97. The van der Waals surface area contributed by atoms with E-state index in [4.69, 9.17) is 4.74 Å². The van der Waals surface area contributed by atoms with Gasteiger partial charge in [0.25, 0.3) is 0 Å². The van der Waals surface area contributed by atoms with Gasteiger partial charge < -0.3 is 9.64 Å². The smallest absolute Gasteiger partial charge is 0.241 e. The maximum Gasteiger partial charge on any atom is 0.241 e. The van der Waals surface area contributed by atoms with E-state index in [2.05, 4.69) is 11.0 Å². The largest absolute Gasteiger partial charge is 0.497 e. The minimum absolute atomic E-state index is 0.230. The fourth-order valence-corrected chi connectivity index (χ4v) is 3.97. The van der Waals surface area contributed by atoms with E-state index < -0.39 is 0 Å². The average Bonchev–Trinajstić information content (AvgIpc) is 2.54. The number of amides is 1. The number of hydrogen-bond acceptors (Lipinski definition) is 4. The fourth-order valence-electron chi connectivity index (χ4n) is 3.00. The number of carbonyl (C=O) groups excluding carboxylic acids is 1. The number of nitrogens with zero attached hydrogens (tertiary/aromatic N) is 2. The number of fused-ring (bicyclic) bond motifs is 1. The number of carbonyl (C=O) groups is 1. The van der Waals surface area contributed by atoms with Crippen molar-refractivity contribution < 1.29 is 9.53 Å². The summed E-state index contributed by atoms with van der Waals surface area (Å²) < 4.78 is 5.28. The van der Waals surface area contributed by atoms with Gasteiger partial charge in [0, 0.05) is 36.8 Å². The topological polar surface area (TPSA) is 32.8 Å². The van der Waals surface area contributed by atoms with Crippen LogP contribution in [-0.2, 0) is 11.2 Å². The Labute approximate surface area is 130 Å². The first-order valence-electron chi connectivity index (χ1n) is 7.55. The van der Waals surface area contributed by atoms with Gasteiger partial charge in [-0.1, -0.05) is 0 Å². The summed E-state index contributed by atoms with van der Waals surface area (Å²) in [6, 6.07) is 6.03. The second-order valence-electron chi connectivity index (χ2n) is 5.53. The van der Waals surface area contributed by atoms with E-state index in [0.717, 1.165) is 55.4 Å². The van der Waals surface area contributed by atoms with Crippen molar-refractivity contribution >= 4 is 23.4 Å². The first kappa shape index (κ1) is 14.7. The van der Waals surface area contributed by atoms with Crippen molar-refractivity contribution in [3.63, 3.8) is 0 Å². The molecule has 0 atom stereocenters. The molecular formula is C16H22N2O2S. The first-order valence-corrected chi connectivity index (χ1v) is 8.71. The Balaban J connectivity index is 1.73. The molecule has 0 aromatic heterocycles. The third-order valence-corrected chi connectivity index (χ3v) is 5.11. The highest BCUT2D eigenvalue weighted by Crippen LogP contribution is 2.30. The monoisotopic (exact) mass is 306 g/mol. The van der Waals surface area contributed by atoms with Gasteiger partial charge in [0.15, 0.2) is 0 Å². The molecule has 114 valence electrons. The summed E-state index contributed by atoms with van der Waals surface area (Å²) in [5.41, 5.74) is 2.29. The number of hydrogen-bond donors (Lipinski definition) is 0. The lowest BCUT2D eigenvalue weighted by Crippen LogP contribution is -2.45. The van der Waals surface area contributed by atoms with Crippen LogP contribution >= 0.6 is 11.8 Å². The molecule has 0 unspecified atom stereocenters. The van der Waals surface area contributed by atoms with Crippen molar-refractivity contribution in [2.45, 2.75) is 12.8 Å². The average molecular weight is 306 g/mol. The molecule has 0 N–H and O–H groups in total. The van der Waals surface area contributed by atoms with Crippen LogP contribution in [-0.4, -0.2) is 55.6 Å². The highest BCUT2D eigenvalue weighted by Gasteiger charge is 2.24. The van der Waals surface area contributed by atoms with Crippen LogP contribution in [0, 0.1) is 0 Å². The van der Waals surface area contributed by atoms with E-state index in [9.17, 15) is 4.79 Å². The second kappa shape index (κ2) is 6.71. The molecule has 1 amide bonds. The minimum atomic E-state index is 0.230. The predicted molar refractivity (Wildman–Crippen MR) is 87.4 cm³/mol. The van der Waals surface area contributed by atoms with Gasteiger partial charge in [-0.25, -0.2) is 0 Å². The van der Waals surface area contributed by atoms with Crippen LogP contribution in [0.3, 0.4) is 0 Å². The van der Waals surface area contributed by atoms with Crippen LogP contribution in [0.4, 0.5) is 5.69 Å². The predicted octanol–water partition coefficient (Wildman–Crippen LogP) is 2.02. The maximum absolute atomic E-state index is 12.6. The standard InChI is InChI=1S/C16H22N2O2S/c1-20-14-4-5-15-13(11-14)3-2-6-18(15)16(19)12-17-7-9-21-10-8-17/h4-5,11H,2-3,6-10,12H2,1H3. The summed E-state index contributed by atoms with van der Waals surface area (Å²) in [4.78, 5) is 16.9. The van der Waals surface area contributed by atoms with Gasteiger partial charge in [0.05, 0.1) is 13.7 Å². The lowest BCUT2D eigenvalue weighted by atomic mass is 10.0. The Morgan fingerprint density at radius 3 is 2.86 bits per heavy atom. The molecule has 21 heavy (non-hydrogen) atoms. The van der Waals surface area contributed by atoms with Gasteiger partial charge in [-0.2, -0.15) is 11.8 Å². The van der Waals surface area contributed by atoms with Crippen molar-refractivity contribution in [3.8, 4) is 5.75 Å². The molecule has 5 heteroatoms. The van der Waals surface area contributed by atoms with Gasteiger partial charge in [-0.05, 0) is 36.6 Å². The molecule has 2 aliphatic heterocycles. The van der Waals surface area contributed by atoms with Gasteiger partial charge in [0.1, 0.15) is 5.75 Å². The quantitative estimate of drug-likeness (QED) is 0.855. The Morgan fingerprint density at radius 2 is 2.10 bits per heavy atom. The van der Waals surface area contributed by atoms with Crippen molar-refractivity contribution in [1.29, 1.82) is 0 Å². The zero-order valence-electron chi connectivity index (χ0n) is 12.5. The number of methoxy groups -OCH3 is 1. The molecule has 1 aromatic rings. The van der Waals surface area contributed by atoms with E-state index >= 15 is 0 Å². The summed E-state index contributed by atoms with van der Waals surface area (Å²) in [6.45, 7) is 3.44. The van der Waals surface area contributed by atoms with Crippen molar-refractivity contribution in [2.75, 3.05) is 49.7 Å². The lowest BCUT2D eigenvalue weighted by Gasteiger charge is -2.33. The van der Waals surface area contributed by atoms with Crippen molar-refractivity contribution in [2.24, 2.45) is 0 Å². The summed E-state index contributed by atoms with van der Waals surface area (Å²) in [5, 5.41) is 0. The molecule has 0 radical (unpaired) electrons. The van der Waals surface area contributed by atoms with Crippen LogP contribution in [0.1, 0.15) is 12.0 Å².